The summed E-state index contributed by atoms with van der Waals surface area (Å²) in [6.45, 7) is 0.195. The van der Waals surface area contributed by atoms with Crippen molar-refractivity contribution in [3.63, 3.8) is 0 Å². The molecule has 3 aromatic rings. The Morgan fingerprint density at radius 1 is 0.840 bits per heavy atom. The second kappa shape index (κ2) is 7.94. The van der Waals surface area contributed by atoms with E-state index in [1.54, 1.807) is 24.3 Å². The van der Waals surface area contributed by atoms with Crippen molar-refractivity contribution in [3.8, 4) is 0 Å². The van der Waals surface area contributed by atoms with Crippen LogP contribution in [0.15, 0.2) is 82.6 Å². The number of benzene rings is 3. The van der Waals surface area contributed by atoms with E-state index in [0.717, 1.165) is 22.6 Å². The lowest BCUT2D eigenvalue weighted by Gasteiger charge is -2.07. The van der Waals surface area contributed by atoms with Gasteiger partial charge in [-0.3, -0.25) is 0 Å². The second-order valence-electron chi connectivity index (χ2n) is 5.27. The summed E-state index contributed by atoms with van der Waals surface area (Å²) >= 11 is 1.24. The molecule has 0 saturated carbocycles. The summed E-state index contributed by atoms with van der Waals surface area (Å²) in [5, 5.41) is 0. The van der Waals surface area contributed by atoms with Crippen LogP contribution in [-0.2, 0) is 11.3 Å². The number of esters is 1. The first-order valence-electron chi connectivity index (χ1n) is 7.56. The minimum atomic E-state index is -0.900. The largest absolute Gasteiger partial charge is 0.457 e. The zero-order valence-electron chi connectivity index (χ0n) is 13.1. The first kappa shape index (κ1) is 17.2. The monoisotopic (exact) mass is 356 g/mol. The topological polar surface area (TPSA) is 26.3 Å². The van der Waals surface area contributed by atoms with Crippen molar-refractivity contribution >= 4 is 17.7 Å². The molecule has 0 aliphatic carbocycles. The van der Waals surface area contributed by atoms with Gasteiger partial charge in [0.15, 0.2) is 11.6 Å². The normalized spacial score (nSPS) is 10.5. The van der Waals surface area contributed by atoms with Gasteiger partial charge < -0.3 is 4.74 Å². The molecule has 0 unspecified atom stereocenters. The van der Waals surface area contributed by atoms with Crippen molar-refractivity contribution in [2.45, 2.75) is 16.4 Å². The van der Waals surface area contributed by atoms with Gasteiger partial charge in [0.1, 0.15) is 6.61 Å². The molecule has 0 spiro atoms. The summed E-state index contributed by atoms with van der Waals surface area (Å²) in [4.78, 5) is 13.5. The summed E-state index contributed by atoms with van der Waals surface area (Å²) in [5.41, 5.74) is 1.31. The van der Waals surface area contributed by atoms with Gasteiger partial charge in [-0.25, -0.2) is 13.6 Å². The fourth-order valence-corrected chi connectivity index (χ4v) is 3.07. The Hall–Kier alpha value is -2.66. The maximum absolute atomic E-state index is 13.3. The zero-order valence-corrected chi connectivity index (χ0v) is 13.9. The molecule has 0 heterocycles. The zero-order chi connectivity index (χ0) is 17.6. The van der Waals surface area contributed by atoms with Crippen LogP contribution in [-0.4, -0.2) is 5.97 Å². The van der Waals surface area contributed by atoms with Crippen LogP contribution in [0.3, 0.4) is 0 Å². The Bertz CT molecular complexity index is 882. The highest BCUT2D eigenvalue weighted by atomic mass is 32.2. The van der Waals surface area contributed by atoms with Gasteiger partial charge in [0.25, 0.3) is 0 Å². The molecule has 0 aliphatic heterocycles. The summed E-state index contributed by atoms with van der Waals surface area (Å²) in [6.07, 6.45) is 0. The van der Waals surface area contributed by atoms with Crippen molar-refractivity contribution in [1.82, 2.24) is 0 Å². The molecule has 0 aliphatic rings. The fourth-order valence-electron chi connectivity index (χ4n) is 2.17. The van der Waals surface area contributed by atoms with Crippen LogP contribution in [0.2, 0.25) is 0 Å². The van der Waals surface area contributed by atoms with E-state index < -0.39 is 17.6 Å². The maximum Gasteiger partial charge on any atom is 0.338 e. The van der Waals surface area contributed by atoms with Crippen LogP contribution in [0, 0.1) is 11.6 Å². The smallest absolute Gasteiger partial charge is 0.338 e. The van der Waals surface area contributed by atoms with Crippen molar-refractivity contribution in [1.29, 1.82) is 0 Å². The van der Waals surface area contributed by atoms with Crippen LogP contribution in [0.1, 0.15) is 15.9 Å². The van der Waals surface area contributed by atoms with E-state index >= 15 is 0 Å². The first-order valence-corrected chi connectivity index (χ1v) is 8.37. The second-order valence-corrected chi connectivity index (χ2v) is 6.41. The van der Waals surface area contributed by atoms with E-state index in [2.05, 4.69) is 0 Å². The lowest BCUT2D eigenvalue weighted by molar-refractivity contribution is 0.0472. The molecule has 0 amide bonds. The molecule has 0 N–H and O–H groups in total. The molecule has 126 valence electrons. The number of rotatable bonds is 5. The Kier molecular flexibility index (Phi) is 5.46. The number of ether oxygens (including phenoxy) is 1. The van der Waals surface area contributed by atoms with Gasteiger partial charge in [-0.1, -0.05) is 48.2 Å². The lowest BCUT2D eigenvalue weighted by atomic mass is 10.2. The lowest BCUT2D eigenvalue weighted by Crippen LogP contribution is -2.05. The first-order chi connectivity index (χ1) is 12.1. The van der Waals surface area contributed by atoms with Gasteiger partial charge >= 0.3 is 5.97 Å². The molecular weight excluding hydrogens is 342 g/mol. The fraction of sp³-hybridized carbons (Fsp3) is 0.0500. The van der Waals surface area contributed by atoms with Gasteiger partial charge in [-0.05, 0) is 42.0 Å². The maximum atomic E-state index is 13.3. The summed E-state index contributed by atoms with van der Waals surface area (Å²) in [5.74, 6) is -2.22. The molecule has 5 heteroatoms. The molecule has 3 aromatic carbocycles. The third kappa shape index (κ3) is 4.67. The summed E-state index contributed by atoms with van der Waals surface area (Å²) in [6, 6.07) is 19.9. The number of carbonyl (C=O) groups is 1. The molecule has 0 atom stereocenters. The number of halogens is 2. The molecule has 2 nitrogen and oxygen atoms in total. The molecule has 25 heavy (non-hydrogen) atoms. The Labute approximate surface area is 148 Å². The van der Waals surface area contributed by atoms with E-state index in [-0.39, 0.29) is 6.61 Å². The highest BCUT2D eigenvalue weighted by Crippen LogP contribution is 2.29. The highest BCUT2D eigenvalue weighted by molar-refractivity contribution is 7.99. The van der Waals surface area contributed by atoms with E-state index in [1.165, 1.54) is 17.8 Å². The number of hydrogen-bond donors (Lipinski definition) is 0. The number of hydrogen-bond acceptors (Lipinski definition) is 3. The van der Waals surface area contributed by atoms with Crippen LogP contribution < -0.4 is 0 Å². The van der Waals surface area contributed by atoms with E-state index in [1.807, 2.05) is 30.3 Å². The summed E-state index contributed by atoms with van der Waals surface area (Å²) in [7, 11) is 0. The quantitative estimate of drug-likeness (QED) is 0.567. The molecule has 0 saturated heterocycles. The Morgan fingerprint density at radius 2 is 1.60 bits per heavy atom. The third-order valence-electron chi connectivity index (χ3n) is 3.41. The van der Waals surface area contributed by atoms with Gasteiger partial charge in [-0.15, -0.1) is 0 Å². The van der Waals surface area contributed by atoms with Crippen molar-refractivity contribution < 1.29 is 18.3 Å². The van der Waals surface area contributed by atoms with Crippen molar-refractivity contribution in [2.24, 2.45) is 0 Å². The molecule has 0 aromatic heterocycles. The van der Waals surface area contributed by atoms with Crippen molar-refractivity contribution in [2.75, 3.05) is 0 Å². The minimum Gasteiger partial charge on any atom is -0.457 e. The highest BCUT2D eigenvalue weighted by Gasteiger charge is 2.10. The van der Waals surface area contributed by atoms with E-state index in [4.69, 9.17) is 4.74 Å². The van der Waals surface area contributed by atoms with Gasteiger partial charge in [0.2, 0.25) is 0 Å². The van der Waals surface area contributed by atoms with Crippen molar-refractivity contribution in [3.05, 3.63) is 95.6 Å². The van der Waals surface area contributed by atoms with Gasteiger partial charge in [0.05, 0.1) is 5.56 Å². The predicted octanol–water partition coefficient (Wildman–Crippen LogP) is 5.47. The average molecular weight is 356 g/mol. The number of carbonyl (C=O) groups excluding carboxylic acids is 1. The van der Waals surface area contributed by atoms with Crippen LogP contribution in [0.5, 0.6) is 0 Å². The SMILES string of the molecule is O=C(OCc1ccccc1)c1cccc(Sc2ccc(F)c(F)c2)c1. The molecule has 0 fully saturated rings. The van der Waals surface area contributed by atoms with E-state index in [0.29, 0.717) is 10.5 Å². The van der Waals surface area contributed by atoms with Crippen LogP contribution in [0.25, 0.3) is 0 Å². The Balaban J connectivity index is 1.68. The molecule has 3 rings (SSSR count). The predicted molar refractivity (Wildman–Crippen MR) is 92.5 cm³/mol. The molecular formula is C20H14F2O2S. The van der Waals surface area contributed by atoms with Gasteiger partial charge in [-0.2, -0.15) is 0 Å². The summed E-state index contributed by atoms with van der Waals surface area (Å²) < 4.78 is 31.6. The van der Waals surface area contributed by atoms with E-state index in [9.17, 15) is 13.6 Å². The Morgan fingerprint density at radius 3 is 2.36 bits per heavy atom. The standard InChI is InChI=1S/C20H14F2O2S/c21-18-10-9-17(12-19(18)22)25-16-8-4-7-15(11-16)20(23)24-13-14-5-2-1-3-6-14/h1-12H,13H2. The third-order valence-corrected chi connectivity index (χ3v) is 4.39. The van der Waals surface area contributed by atoms with Crippen LogP contribution >= 0.6 is 11.8 Å². The van der Waals surface area contributed by atoms with Crippen LogP contribution in [0.4, 0.5) is 8.78 Å². The van der Waals surface area contributed by atoms with Gasteiger partial charge in [0, 0.05) is 9.79 Å². The minimum absolute atomic E-state index is 0.195. The molecule has 0 bridgehead atoms. The molecule has 0 radical (unpaired) electrons. The average Bonchev–Trinajstić information content (AvgIpc) is 2.64.